The van der Waals surface area contributed by atoms with E-state index in [0.29, 0.717) is 0 Å². The number of hydrogen-bond acceptors (Lipinski definition) is 2. The minimum absolute atomic E-state index is 0.906. The molecule has 1 aliphatic heterocycles. The minimum atomic E-state index is 0.906. The molecule has 0 radical (unpaired) electrons. The molecule has 1 aromatic carbocycles. The molecule has 0 fully saturated rings. The fourth-order valence-electron chi connectivity index (χ4n) is 1.86. The predicted molar refractivity (Wildman–Crippen MR) is 62.1 cm³/mol. The normalized spacial score (nSPS) is 16.1. The van der Waals surface area contributed by atoms with E-state index in [1.165, 1.54) is 11.5 Å². The Bertz CT molecular complexity index is 381. The van der Waals surface area contributed by atoms with Crippen molar-refractivity contribution >= 4 is 11.5 Å². The molecule has 0 bridgehead atoms. The molecule has 0 amide bonds. The number of anilines is 1. The first kappa shape index (κ1) is 10.0. The van der Waals surface area contributed by atoms with Crippen molar-refractivity contribution in [2.45, 2.75) is 6.92 Å². The molecule has 15 heavy (non-hydrogen) atoms. The van der Waals surface area contributed by atoms with Crippen LogP contribution in [0.4, 0.5) is 5.69 Å². The highest BCUT2D eigenvalue weighted by atomic mass is 16.5. The van der Waals surface area contributed by atoms with Gasteiger partial charge in [-0.15, -0.1) is 0 Å². The Hall–Kier alpha value is -1.51. The van der Waals surface area contributed by atoms with Crippen molar-refractivity contribution in [3.63, 3.8) is 0 Å². The van der Waals surface area contributed by atoms with Gasteiger partial charge in [-0.2, -0.15) is 0 Å². The van der Waals surface area contributed by atoms with Crippen molar-refractivity contribution in [2.75, 3.05) is 32.1 Å². The molecule has 80 valence electrons. The maximum Gasteiger partial charge on any atom is 0.248 e. The van der Waals surface area contributed by atoms with Crippen LogP contribution >= 0.6 is 0 Å². The zero-order chi connectivity index (χ0) is 10.8. The molecular weight excluding hydrogens is 188 g/mol. The van der Waals surface area contributed by atoms with Crippen LogP contribution in [0.1, 0.15) is 6.92 Å². The highest BCUT2D eigenvalue weighted by Gasteiger charge is 2.25. The van der Waals surface area contributed by atoms with Gasteiger partial charge in [-0.25, -0.2) is 4.90 Å². The van der Waals surface area contributed by atoms with E-state index in [9.17, 15) is 0 Å². The number of likely N-dealkylation sites (N-methyl/N-ethyl adjacent to an activating group) is 1. The second-order valence-corrected chi connectivity index (χ2v) is 3.82. The smallest absolute Gasteiger partial charge is 0.248 e. The summed E-state index contributed by atoms with van der Waals surface area (Å²) in [5.41, 5.74) is 1.23. The highest BCUT2D eigenvalue weighted by Crippen LogP contribution is 2.20. The Balaban J connectivity index is 2.24. The van der Waals surface area contributed by atoms with E-state index in [1.54, 1.807) is 7.11 Å². The van der Waals surface area contributed by atoms with Crippen LogP contribution in [-0.4, -0.2) is 37.7 Å². The Morgan fingerprint density at radius 3 is 2.40 bits per heavy atom. The van der Waals surface area contributed by atoms with Gasteiger partial charge in [0, 0.05) is 6.92 Å². The van der Waals surface area contributed by atoms with Crippen LogP contribution in [0.3, 0.4) is 0 Å². The second-order valence-electron chi connectivity index (χ2n) is 3.82. The number of amidine groups is 1. The summed E-state index contributed by atoms with van der Waals surface area (Å²) >= 11 is 0. The van der Waals surface area contributed by atoms with Gasteiger partial charge >= 0.3 is 0 Å². The van der Waals surface area contributed by atoms with Crippen LogP contribution in [-0.2, 0) is 0 Å². The first-order valence-corrected chi connectivity index (χ1v) is 5.18. The fraction of sp³-hybridized carbons (Fsp3) is 0.417. The van der Waals surface area contributed by atoms with Crippen molar-refractivity contribution in [3.05, 3.63) is 24.3 Å². The third-order valence-electron chi connectivity index (χ3n) is 2.99. The molecule has 0 unspecified atom stereocenters. The fourth-order valence-corrected chi connectivity index (χ4v) is 1.86. The van der Waals surface area contributed by atoms with Crippen LogP contribution in [0.2, 0.25) is 0 Å². The Morgan fingerprint density at radius 1 is 1.27 bits per heavy atom. The third-order valence-corrected chi connectivity index (χ3v) is 2.99. The van der Waals surface area contributed by atoms with E-state index < -0.39 is 0 Å². The largest absolute Gasteiger partial charge is 0.497 e. The zero-order valence-electron chi connectivity index (χ0n) is 9.53. The average molecular weight is 205 g/mol. The summed E-state index contributed by atoms with van der Waals surface area (Å²) in [4.78, 5) is 2.32. The van der Waals surface area contributed by atoms with Gasteiger partial charge in [0.15, 0.2) is 0 Å². The molecule has 0 atom stereocenters. The molecule has 3 heteroatoms. The number of rotatable bonds is 2. The van der Waals surface area contributed by atoms with Crippen molar-refractivity contribution in [3.8, 4) is 5.75 Å². The van der Waals surface area contributed by atoms with Gasteiger partial charge in [0.2, 0.25) is 5.84 Å². The van der Waals surface area contributed by atoms with Crippen LogP contribution in [0.5, 0.6) is 5.75 Å². The standard InChI is InChI=1S/C12H17N2O/c1-10-13(2)8-9-14(10)11-4-6-12(15-3)7-5-11/h4-7H,8-9H2,1-3H3/q+1. The molecule has 0 saturated heterocycles. The summed E-state index contributed by atoms with van der Waals surface area (Å²) in [7, 11) is 3.81. The van der Waals surface area contributed by atoms with E-state index in [-0.39, 0.29) is 0 Å². The summed E-state index contributed by atoms with van der Waals surface area (Å²) in [6.45, 7) is 4.31. The SMILES string of the molecule is COc1ccc(N2CC[N+](C)=C2C)cc1. The zero-order valence-corrected chi connectivity index (χ0v) is 9.53. The van der Waals surface area contributed by atoms with Crippen molar-refractivity contribution < 1.29 is 9.31 Å². The van der Waals surface area contributed by atoms with Gasteiger partial charge in [0.1, 0.15) is 24.5 Å². The van der Waals surface area contributed by atoms with Crippen molar-refractivity contribution in [1.29, 1.82) is 0 Å². The molecule has 1 aliphatic rings. The molecule has 0 spiro atoms. The summed E-state index contributed by atoms with van der Waals surface area (Å²) in [5.74, 6) is 2.21. The van der Waals surface area contributed by atoms with Gasteiger partial charge in [0.25, 0.3) is 0 Å². The van der Waals surface area contributed by atoms with E-state index in [4.69, 9.17) is 4.74 Å². The quantitative estimate of drug-likeness (QED) is 0.681. The monoisotopic (exact) mass is 205 g/mol. The Labute approximate surface area is 90.6 Å². The molecule has 0 aromatic heterocycles. The molecule has 2 rings (SSSR count). The highest BCUT2D eigenvalue weighted by molar-refractivity contribution is 5.93. The average Bonchev–Trinajstić information content (AvgIpc) is 2.60. The van der Waals surface area contributed by atoms with E-state index in [2.05, 4.69) is 35.6 Å². The lowest BCUT2D eigenvalue weighted by Crippen LogP contribution is -2.25. The molecule has 0 N–H and O–H groups in total. The van der Waals surface area contributed by atoms with Gasteiger partial charge < -0.3 is 4.74 Å². The molecule has 1 heterocycles. The van der Waals surface area contributed by atoms with E-state index >= 15 is 0 Å². The van der Waals surface area contributed by atoms with Gasteiger partial charge in [-0.3, -0.25) is 4.58 Å². The van der Waals surface area contributed by atoms with Crippen LogP contribution in [0, 0.1) is 0 Å². The second kappa shape index (κ2) is 3.93. The lowest BCUT2D eigenvalue weighted by atomic mass is 10.2. The van der Waals surface area contributed by atoms with Gasteiger partial charge in [-0.05, 0) is 24.3 Å². The number of benzene rings is 1. The van der Waals surface area contributed by atoms with Crippen LogP contribution < -0.4 is 9.64 Å². The maximum absolute atomic E-state index is 5.14. The first-order chi connectivity index (χ1) is 7.22. The van der Waals surface area contributed by atoms with Crippen molar-refractivity contribution in [2.24, 2.45) is 0 Å². The minimum Gasteiger partial charge on any atom is -0.497 e. The third kappa shape index (κ3) is 1.82. The summed E-state index contributed by atoms with van der Waals surface area (Å²) in [6.07, 6.45) is 0. The molecule has 0 saturated carbocycles. The number of nitrogens with zero attached hydrogens (tertiary/aromatic N) is 2. The molecule has 0 aliphatic carbocycles. The van der Waals surface area contributed by atoms with Crippen LogP contribution in [0.25, 0.3) is 0 Å². The summed E-state index contributed by atoms with van der Waals surface area (Å²) in [5, 5.41) is 0. The number of hydrogen-bond donors (Lipinski definition) is 0. The topological polar surface area (TPSA) is 15.5 Å². The van der Waals surface area contributed by atoms with Gasteiger partial charge in [-0.1, -0.05) is 0 Å². The summed E-state index contributed by atoms with van der Waals surface area (Å²) < 4.78 is 7.41. The van der Waals surface area contributed by atoms with Gasteiger partial charge in [0.05, 0.1) is 14.2 Å². The lowest BCUT2D eigenvalue weighted by molar-refractivity contribution is -0.486. The van der Waals surface area contributed by atoms with Crippen molar-refractivity contribution in [1.82, 2.24) is 0 Å². The number of methoxy groups -OCH3 is 1. The first-order valence-electron chi connectivity index (χ1n) is 5.18. The van der Waals surface area contributed by atoms with Crippen LogP contribution in [0.15, 0.2) is 24.3 Å². The Kier molecular flexibility index (Phi) is 2.62. The maximum atomic E-state index is 5.14. The molecule has 1 aromatic rings. The predicted octanol–water partition coefficient (Wildman–Crippen LogP) is 1.58. The van der Waals surface area contributed by atoms with E-state index in [1.807, 2.05) is 12.1 Å². The van der Waals surface area contributed by atoms with E-state index in [0.717, 1.165) is 18.8 Å². The molecular formula is C12H17N2O+. The Morgan fingerprint density at radius 2 is 1.93 bits per heavy atom. The number of ether oxygens (including phenoxy) is 1. The molecule has 3 nitrogen and oxygen atoms in total. The lowest BCUT2D eigenvalue weighted by Gasteiger charge is -2.10. The summed E-state index contributed by atoms with van der Waals surface area (Å²) in [6, 6.07) is 8.20.